The van der Waals surface area contributed by atoms with Gasteiger partial charge in [0.2, 0.25) is 15.0 Å². The number of carbonyl (C=O) groups excluding carboxylic acids is 1. The SMILES string of the molecule is CN(Cc1cc(C(F)(F)F)cc(C(F)(F)F)c1)C(=O)c1cnc(S(C)(=O)=O)nc1. The minimum atomic E-state index is -5.01. The van der Waals surface area contributed by atoms with Crippen molar-refractivity contribution in [1.82, 2.24) is 14.9 Å². The Morgan fingerprint density at radius 3 is 1.79 bits per heavy atom. The molecule has 2 aromatic rings. The fourth-order valence-corrected chi connectivity index (χ4v) is 2.78. The number of sulfone groups is 1. The van der Waals surface area contributed by atoms with Crippen LogP contribution in [0.1, 0.15) is 27.0 Å². The number of alkyl halides is 6. The van der Waals surface area contributed by atoms with Crippen LogP contribution in [0.4, 0.5) is 26.3 Å². The van der Waals surface area contributed by atoms with Crippen LogP contribution in [0.15, 0.2) is 35.7 Å². The van der Waals surface area contributed by atoms with E-state index < -0.39 is 56.5 Å². The molecule has 0 unspecified atom stereocenters. The zero-order valence-corrected chi connectivity index (χ0v) is 15.7. The van der Waals surface area contributed by atoms with E-state index in [1.54, 1.807) is 0 Å². The van der Waals surface area contributed by atoms with Gasteiger partial charge in [0.15, 0.2) is 0 Å². The van der Waals surface area contributed by atoms with Gasteiger partial charge >= 0.3 is 12.4 Å². The topological polar surface area (TPSA) is 80.2 Å². The zero-order chi connectivity index (χ0) is 22.2. The van der Waals surface area contributed by atoms with E-state index in [2.05, 4.69) is 9.97 Å². The van der Waals surface area contributed by atoms with Crippen LogP contribution < -0.4 is 0 Å². The highest BCUT2D eigenvalue weighted by Gasteiger charge is 2.37. The molecule has 13 heteroatoms. The van der Waals surface area contributed by atoms with Crippen molar-refractivity contribution in [2.75, 3.05) is 13.3 Å². The summed E-state index contributed by atoms with van der Waals surface area (Å²) in [5.74, 6) is -0.823. The van der Waals surface area contributed by atoms with Crippen molar-refractivity contribution in [3.63, 3.8) is 0 Å². The van der Waals surface area contributed by atoms with Gasteiger partial charge in [-0.3, -0.25) is 4.79 Å². The molecule has 1 aromatic heterocycles. The van der Waals surface area contributed by atoms with Gasteiger partial charge in [-0.05, 0) is 23.8 Å². The summed E-state index contributed by atoms with van der Waals surface area (Å²) in [6, 6.07) is 1.02. The first-order chi connectivity index (χ1) is 13.1. The maximum absolute atomic E-state index is 12.9. The Morgan fingerprint density at radius 1 is 0.966 bits per heavy atom. The van der Waals surface area contributed by atoms with Crippen LogP contribution in [0, 0.1) is 0 Å². The van der Waals surface area contributed by atoms with Crippen molar-refractivity contribution < 1.29 is 39.6 Å². The van der Waals surface area contributed by atoms with E-state index in [4.69, 9.17) is 0 Å². The van der Waals surface area contributed by atoms with Crippen LogP contribution in [-0.4, -0.2) is 42.5 Å². The van der Waals surface area contributed by atoms with Crippen molar-refractivity contribution in [3.8, 4) is 0 Å². The van der Waals surface area contributed by atoms with E-state index >= 15 is 0 Å². The highest BCUT2D eigenvalue weighted by Crippen LogP contribution is 2.36. The molecule has 0 radical (unpaired) electrons. The van der Waals surface area contributed by atoms with Crippen molar-refractivity contribution in [1.29, 1.82) is 0 Å². The summed E-state index contributed by atoms with van der Waals surface area (Å²) in [6.45, 7) is -0.570. The molecule has 0 aliphatic rings. The molecule has 158 valence electrons. The molecule has 0 spiro atoms. The van der Waals surface area contributed by atoms with Gasteiger partial charge in [-0.2, -0.15) is 26.3 Å². The first-order valence-electron chi connectivity index (χ1n) is 7.65. The average molecular weight is 441 g/mol. The largest absolute Gasteiger partial charge is 0.416 e. The third-order valence-corrected chi connectivity index (χ3v) is 4.49. The van der Waals surface area contributed by atoms with E-state index in [0.717, 1.165) is 30.6 Å². The minimum Gasteiger partial charge on any atom is -0.337 e. The van der Waals surface area contributed by atoms with E-state index in [1.165, 1.54) is 0 Å². The summed E-state index contributed by atoms with van der Waals surface area (Å²) >= 11 is 0. The molecule has 1 amide bonds. The molecule has 0 aliphatic carbocycles. The number of hydrogen-bond donors (Lipinski definition) is 0. The Balaban J connectivity index is 2.31. The van der Waals surface area contributed by atoms with Crippen LogP contribution in [0.5, 0.6) is 0 Å². The fourth-order valence-electron chi connectivity index (χ4n) is 2.29. The highest BCUT2D eigenvalue weighted by molar-refractivity contribution is 7.90. The Hall–Kier alpha value is -2.70. The second kappa shape index (κ2) is 7.61. The average Bonchev–Trinajstić information content (AvgIpc) is 2.58. The zero-order valence-electron chi connectivity index (χ0n) is 14.8. The third kappa shape index (κ3) is 5.65. The van der Waals surface area contributed by atoms with Crippen molar-refractivity contribution in [3.05, 3.63) is 52.8 Å². The molecule has 1 aromatic carbocycles. The molecule has 0 fully saturated rings. The maximum Gasteiger partial charge on any atom is 0.416 e. The predicted molar refractivity (Wildman–Crippen MR) is 87.4 cm³/mol. The summed E-state index contributed by atoms with van der Waals surface area (Å²) < 4.78 is 100. The lowest BCUT2D eigenvalue weighted by Crippen LogP contribution is -2.27. The van der Waals surface area contributed by atoms with Gasteiger partial charge in [0.05, 0.1) is 16.7 Å². The lowest BCUT2D eigenvalue weighted by molar-refractivity contribution is -0.143. The maximum atomic E-state index is 12.9. The predicted octanol–water partition coefficient (Wildman–Crippen LogP) is 3.19. The van der Waals surface area contributed by atoms with Crippen LogP contribution >= 0.6 is 0 Å². The van der Waals surface area contributed by atoms with Gasteiger partial charge < -0.3 is 4.90 Å². The number of hydrogen-bond acceptors (Lipinski definition) is 5. The van der Waals surface area contributed by atoms with E-state index in [1.807, 2.05) is 0 Å². The number of benzene rings is 1. The molecule has 0 N–H and O–H groups in total. The summed E-state index contributed by atoms with van der Waals surface area (Å²) in [4.78, 5) is 20.2. The second-order valence-electron chi connectivity index (χ2n) is 6.10. The second-order valence-corrected chi connectivity index (χ2v) is 8.01. The molecule has 6 nitrogen and oxygen atoms in total. The smallest absolute Gasteiger partial charge is 0.337 e. The Bertz CT molecular complexity index is 985. The normalized spacial score (nSPS) is 12.7. The molecule has 29 heavy (non-hydrogen) atoms. The van der Waals surface area contributed by atoms with Gasteiger partial charge in [-0.15, -0.1) is 0 Å². The quantitative estimate of drug-likeness (QED) is 0.538. The minimum absolute atomic E-state index is 0.0108. The van der Waals surface area contributed by atoms with Crippen molar-refractivity contribution in [2.24, 2.45) is 0 Å². The third-order valence-electron chi connectivity index (χ3n) is 3.62. The molecule has 0 saturated carbocycles. The Labute approximate surface area is 161 Å². The molecule has 1 heterocycles. The van der Waals surface area contributed by atoms with Gasteiger partial charge in [0.25, 0.3) is 5.91 Å². The van der Waals surface area contributed by atoms with Gasteiger partial charge in [0, 0.05) is 32.2 Å². The summed E-state index contributed by atoms with van der Waals surface area (Å²) in [5.41, 5.74) is -3.58. The molecule has 0 bridgehead atoms. The summed E-state index contributed by atoms with van der Waals surface area (Å²) in [6.07, 6.45) is -7.37. The van der Waals surface area contributed by atoms with Crippen LogP contribution in [0.25, 0.3) is 0 Å². The lowest BCUT2D eigenvalue weighted by Gasteiger charge is -2.19. The molecule has 0 aliphatic heterocycles. The number of nitrogens with zero attached hydrogens (tertiary/aromatic N) is 3. The van der Waals surface area contributed by atoms with Gasteiger partial charge in [-0.1, -0.05) is 0 Å². The van der Waals surface area contributed by atoms with Crippen molar-refractivity contribution >= 4 is 15.7 Å². The number of aromatic nitrogens is 2. The van der Waals surface area contributed by atoms with Gasteiger partial charge in [-0.25, -0.2) is 18.4 Å². The molecule has 2 rings (SSSR count). The van der Waals surface area contributed by atoms with Crippen molar-refractivity contribution in [2.45, 2.75) is 24.1 Å². The first kappa shape index (κ1) is 22.6. The summed E-state index contributed by atoms with van der Waals surface area (Å²) in [5, 5.41) is -0.538. The van der Waals surface area contributed by atoms with Crippen LogP contribution in [-0.2, 0) is 28.7 Å². The fraction of sp³-hybridized carbons (Fsp3) is 0.312. The number of amides is 1. The number of halogens is 6. The summed E-state index contributed by atoms with van der Waals surface area (Å²) in [7, 11) is -2.56. The molecule has 0 atom stereocenters. The monoisotopic (exact) mass is 441 g/mol. The Kier molecular flexibility index (Phi) is 5.93. The standard InChI is InChI=1S/C16H13F6N3O3S/c1-25(13(26)10-6-23-14(24-7-10)29(2,27)28)8-9-3-11(15(17,18)19)5-12(4-9)16(20,21)22/h3-7H,8H2,1-2H3. The molecular formula is C16H13F6N3O3S. The first-order valence-corrected chi connectivity index (χ1v) is 9.54. The lowest BCUT2D eigenvalue weighted by atomic mass is 10.0. The number of carbonyl (C=O) groups is 1. The highest BCUT2D eigenvalue weighted by atomic mass is 32.2. The number of rotatable bonds is 4. The molecular weight excluding hydrogens is 428 g/mol. The van der Waals surface area contributed by atoms with Crippen LogP contribution in [0.3, 0.4) is 0 Å². The van der Waals surface area contributed by atoms with E-state index in [9.17, 15) is 39.6 Å². The van der Waals surface area contributed by atoms with Crippen LogP contribution in [0.2, 0.25) is 0 Å². The Morgan fingerprint density at radius 2 is 1.41 bits per heavy atom. The van der Waals surface area contributed by atoms with E-state index in [0.29, 0.717) is 12.1 Å². The van der Waals surface area contributed by atoms with E-state index in [-0.39, 0.29) is 11.6 Å². The van der Waals surface area contributed by atoms with Gasteiger partial charge in [0.1, 0.15) is 0 Å². The molecule has 0 saturated heterocycles.